The van der Waals surface area contributed by atoms with Crippen molar-refractivity contribution in [1.82, 2.24) is 5.32 Å². The zero-order chi connectivity index (χ0) is 16.6. The van der Waals surface area contributed by atoms with Gasteiger partial charge in [-0.25, -0.2) is 9.79 Å². The number of ether oxygens (including phenoxy) is 2. The molecule has 6 nitrogen and oxygen atoms in total. The van der Waals surface area contributed by atoms with E-state index >= 15 is 0 Å². The van der Waals surface area contributed by atoms with Crippen LogP contribution in [0.3, 0.4) is 0 Å². The number of alkyl carbamates (subject to hydrolysis) is 1. The van der Waals surface area contributed by atoms with Gasteiger partial charge >= 0.3 is 6.09 Å². The van der Waals surface area contributed by atoms with Gasteiger partial charge in [-0.2, -0.15) is 0 Å². The second kappa shape index (κ2) is 8.54. The Morgan fingerprint density at radius 3 is 2.33 bits per heavy atom. The third-order valence-electron chi connectivity index (χ3n) is 2.51. The highest BCUT2D eigenvalue weighted by atomic mass is 16.6. The first-order valence-electron chi connectivity index (χ1n) is 7.29. The molecule has 1 atom stereocenters. The van der Waals surface area contributed by atoms with Crippen LogP contribution in [-0.4, -0.2) is 36.8 Å². The van der Waals surface area contributed by atoms with Crippen molar-refractivity contribution in [2.24, 2.45) is 10.7 Å². The molecular formula is C15H29N3O3. The summed E-state index contributed by atoms with van der Waals surface area (Å²) in [6, 6.07) is -0.176. The number of aliphatic imine (C=N–C) groups is 1. The maximum atomic E-state index is 11.6. The summed E-state index contributed by atoms with van der Waals surface area (Å²) in [5.41, 5.74) is 6.68. The number of amides is 1. The van der Waals surface area contributed by atoms with E-state index in [1.165, 1.54) is 0 Å². The summed E-state index contributed by atoms with van der Waals surface area (Å²) >= 11 is 0. The van der Waals surface area contributed by atoms with Crippen molar-refractivity contribution >= 4 is 12.0 Å². The molecule has 0 saturated carbocycles. The van der Waals surface area contributed by atoms with E-state index in [1.807, 2.05) is 41.5 Å². The molecule has 1 amide bonds. The molecule has 1 aliphatic rings. The quantitative estimate of drug-likeness (QED) is 0.820. The fraction of sp³-hybridized carbons (Fsp3) is 0.733. The van der Waals surface area contributed by atoms with Crippen LogP contribution in [-0.2, 0) is 9.47 Å². The summed E-state index contributed by atoms with van der Waals surface area (Å²) in [6.07, 6.45) is -0.456. The maximum absolute atomic E-state index is 11.6. The van der Waals surface area contributed by atoms with Crippen molar-refractivity contribution in [3.8, 4) is 0 Å². The lowest BCUT2D eigenvalue weighted by molar-refractivity contribution is 0.0483. The lowest BCUT2D eigenvalue weighted by Crippen LogP contribution is -2.45. The lowest BCUT2D eigenvalue weighted by atomic mass is 10.2. The summed E-state index contributed by atoms with van der Waals surface area (Å²) < 4.78 is 10.7. The number of carbonyl (C=O) groups is 1. The number of rotatable bonds is 2. The molecule has 0 spiro atoms. The highest BCUT2D eigenvalue weighted by Crippen LogP contribution is 2.10. The highest BCUT2D eigenvalue weighted by molar-refractivity contribution is 5.93. The number of nitrogens with one attached hydrogen (secondary N) is 1. The molecule has 0 aliphatic carbocycles. The minimum atomic E-state index is -0.510. The average Bonchev–Trinajstić information content (AvgIpc) is 2.38. The fourth-order valence-electron chi connectivity index (χ4n) is 1.43. The van der Waals surface area contributed by atoms with Crippen LogP contribution < -0.4 is 11.1 Å². The minimum absolute atomic E-state index is 0.176. The van der Waals surface area contributed by atoms with E-state index in [1.54, 1.807) is 6.92 Å². The second-order valence-corrected chi connectivity index (χ2v) is 5.61. The molecule has 0 radical (unpaired) electrons. The SMILES string of the molecule is C/C(N)=C(\C)C1=NCC(NC(=O)OC(C)(C)C)CO1.CC. The van der Waals surface area contributed by atoms with E-state index in [2.05, 4.69) is 10.3 Å². The lowest BCUT2D eigenvalue weighted by Gasteiger charge is -2.26. The van der Waals surface area contributed by atoms with E-state index in [0.717, 1.165) is 5.57 Å². The maximum Gasteiger partial charge on any atom is 0.408 e. The van der Waals surface area contributed by atoms with Crippen LogP contribution in [0.4, 0.5) is 4.79 Å². The van der Waals surface area contributed by atoms with E-state index in [-0.39, 0.29) is 6.04 Å². The van der Waals surface area contributed by atoms with Gasteiger partial charge in [0.2, 0.25) is 5.90 Å². The topological polar surface area (TPSA) is 85.9 Å². The third kappa shape index (κ3) is 7.58. The molecule has 0 aromatic rings. The number of allylic oxidation sites excluding steroid dienone is 1. The first-order chi connectivity index (χ1) is 9.69. The Morgan fingerprint density at radius 2 is 1.95 bits per heavy atom. The average molecular weight is 299 g/mol. The minimum Gasteiger partial charge on any atom is -0.475 e. The molecule has 6 heteroatoms. The van der Waals surface area contributed by atoms with Crippen LogP contribution in [0.25, 0.3) is 0 Å². The molecule has 0 saturated heterocycles. The second-order valence-electron chi connectivity index (χ2n) is 5.61. The zero-order valence-corrected chi connectivity index (χ0v) is 14.2. The van der Waals surface area contributed by atoms with Crippen molar-refractivity contribution < 1.29 is 14.3 Å². The van der Waals surface area contributed by atoms with Gasteiger partial charge in [0.05, 0.1) is 12.6 Å². The van der Waals surface area contributed by atoms with Crippen LogP contribution >= 0.6 is 0 Å². The van der Waals surface area contributed by atoms with Crippen LogP contribution in [0.1, 0.15) is 48.5 Å². The molecule has 122 valence electrons. The molecule has 1 aliphatic heterocycles. The number of nitrogens with zero attached hydrogens (tertiary/aromatic N) is 1. The summed E-state index contributed by atoms with van der Waals surface area (Å²) in [4.78, 5) is 15.9. The van der Waals surface area contributed by atoms with E-state index < -0.39 is 11.7 Å². The van der Waals surface area contributed by atoms with Gasteiger partial charge in [-0.05, 0) is 34.6 Å². The molecule has 1 heterocycles. The Kier molecular flexibility index (Phi) is 7.84. The summed E-state index contributed by atoms with van der Waals surface area (Å²) in [5.74, 6) is 0.544. The first kappa shape index (κ1) is 19.3. The molecule has 3 N–H and O–H groups in total. The van der Waals surface area contributed by atoms with Crippen molar-refractivity contribution in [2.75, 3.05) is 13.2 Å². The Balaban J connectivity index is 0.00000191. The monoisotopic (exact) mass is 299 g/mol. The first-order valence-corrected chi connectivity index (χ1v) is 7.29. The van der Waals surface area contributed by atoms with E-state index in [9.17, 15) is 4.79 Å². The molecule has 21 heavy (non-hydrogen) atoms. The van der Waals surface area contributed by atoms with Gasteiger partial charge in [-0.3, -0.25) is 0 Å². The van der Waals surface area contributed by atoms with Gasteiger partial charge < -0.3 is 20.5 Å². The number of nitrogens with two attached hydrogens (primary N) is 1. The van der Waals surface area contributed by atoms with Crippen LogP contribution in [0.5, 0.6) is 0 Å². The predicted octanol–water partition coefficient (Wildman–Crippen LogP) is 2.59. The Hall–Kier alpha value is -1.72. The van der Waals surface area contributed by atoms with Gasteiger partial charge in [0.25, 0.3) is 0 Å². The molecule has 1 rings (SSSR count). The van der Waals surface area contributed by atoms with Gasteiger partial charge in [-0.1, -0.05) is 13.8 Å². The standard InChI is InChI=1S/C13H23N3O3.C2H6/c1-8(9(2)14)11-15-6-10(7-18-11)16-12(17)19-13(3,4)5;1-2/h10H,6-7,14H2,1-5H3,(H,16,17);1-2H3/b9-8-;. The van der Waals surface area contributed by atoms with Gasteiger partial charge in [0, 0.05) is 11.3 Å². The number of hydrogen-bond donors (Lipinski definition) is 2. The molecular weight excluding hydrogens is 270 g/mol. The molecule has 0 aromatic heterocycles. The third-order valence-corrected chi connectivity index (χ3v) is 2.51. The van der Waals surface area contributed by atoms with Gasteiger partial charge in [0.1, 0.15) is 12.2 Å². The van der Waals surface area contributed by atoms with Crippen molar-refractivity contribution in [2.45, 2.75) is 60.1 Å². The molecule has 0 fully saturated rings. The normalized spacial score (nSPS) is 19.2. The molecule has 1 unspecified atom stereocenters. The molecule has 0 aromatic carbocycles. The van der Waals surface area contributed by atoms with Crippen LogP contribution in [0.2, 0.25) is 0 Å². The number of hydrogen-bond acceptors (Lipinski definition) is 5. The fourth-order valence-corrected chi connectivity index (χ4v) is 1.43. The predicted molar refractivity (Wildman–Crippen MR) is 85.3 cm³/mol. The van der Waals surface area contributed by atoms with Crippen molar-refractivity contribution in [3.63, 3.8) is 0 Å². The molecule has 0 bridgehead atoms. The van der Waals surface area contributed by atoms with Gasteiger partial charge in [0.15, 0.2) is 0 Å². The van der Waals surface area contributed by atoms with Crippen LogP contribution in [0, 0.1) is 0 Å². The highest BCUT2D eigenvalue weighted by Gasteiger charge is 2.23. The van der Waals surface area contributed by atoms with E-state index in [0.29, 0.717) is 24.7 Å². The van der Waals surface area contributed by atoms with Crippen LogP contribution in [0.15, 0.2) is 16.3 Å². The van der Waals surface area contributed by atoms with Crippen molar-refractivity contribution in [3.05, 3.63) is 11.3 Å². The Labute approximate surface area is 127 Å². The number of carbonyl (C=O) groups excluding carboxylic acids is 1. The summed E-state index contributed by atoms with van der Waals surface area (Å²) in [7, 11) is 0. The Morgan fingerprint density at radius 1 is 1.38 bits per heavy atom. The largest absolute Gasteiger partial charge is 0.475 e. The van der Waals surface area contributed by atoms with E-state index in [4.69, 9.17) is 15.2 Å². The summed E-state index contributed by atoms with van der Waals surface area (Å²) in [5, 5.41) is 2.72. The smallest absolute Gasteiger partial charge is 0.408 e. The summed E-state index contributed by atoms with van der Waals surface area (Å²) in [6.45, 7) is 13.9. The van der Waals surface area contributed by atoms with Crippen molar-refractivity contribution in [1.29, 1.82) is 0 Å². The van der Waals surface area contributed by atoms with Gasteiger partial charge in [-0.15, -0.1) is 0 Å². The zero-order valence-electron chi connectivity index (χ0n) is 14.2. The Bertz CT molecular complexity index is 405.